The van der Waals surface area contributed by atoms with Crippen molar-refractivity contribution in [2.45, 2.75) is 19.4 Å². The van der Waals surface area contributed by atoms with Crippen LogP contribution in [0.2, 0.25) is 5.02 Å². The summed E-state index contributed by atoms with van der Waals surface area (Å²) in [7, 11) is 4.07. The summed E-state index contributed by atoms with van der Waals surface area (Å²) in [5, 5.41) is 3.86. The molecule has 1 aromatic carbocycles. The smallest absolute Gasteiger partial charge is 0.127 e. The molecule has 1 rings (SSSR count). The number of hydrogen-bond donors (Lipinski definition) is 1. The molecule has 0 radical (unpaired) electrons. The molecule has 1 atom stereocenters. The number of nitrogens with one attached hydrogen (secondary N) is 1. The summed E-state index contributed by atoms with van der Waals surface area (Å²) < 4.78 is 13.5. The molecular weight excluding hydrogens is 239 g/mol. The lowest BCUT2D eigenvalue weighted by molar-refractivity contribution is 0.351. The van der Waals surface area contributed by atoms with Gasteiger partial charge in [0.2, 0.25) is 0 Å². The first-order valence-corrected chi connectivity index (χ1v) is 6.19. The van der Waals surface area contributed by atoms with Gasteiger partial charge in [-0.3, -0.25) is 0 Å². The molecule has 0 saturated carbocycles. The molecule has 17 heavy (non-hydrogen) atoms. The summed E-state index contributed by atoms with van der Waals surface area (Å²) in [6.07, 6.45) is 0.614. The first kappa shape index (κ1) is 14.4. The van der Waals surface area contributed by atoms with Gasteiger partial charge in [-0.25, -0.2) is 4.39 Å². The average Bonchev–Trinajstić information content (AvgIpc) is 2.21. The Morgan fingerprint density at radius 2 is 2.12 bits per heavy atom. The lowest BCUT2D eigenvalue weighted by Crippen LogP contribution is -2.36. The maximum absolute atomic E-state index is 13.5. The monoisotopic (exact) mass is 258 g/mol. The third kappa shape index (κ3) is 5.02. The Balaban J connectivity index is 2.41. The van der Waals surface area contributed by atoms with Crippen molar-refractivity contribution >= 4 is 11.6 Å². The molecule has 0 bridgehead atoms. The number of rotatable bonds is 6. The van der Waals surface area contributed by atoms with Crippen LogP contribution in [0, 0.1) is 5.82 Å². The minimum Gasteiger partial charge on any atom is -0.313 e. The van der Waals surface area contributed by atoms with E-state index in [4.69, 9.17) is 11.6 Å². The second-order valence-corrected chi connectivity index (χ2v) is 4.97. The summed E-state index contributed by atoms with van der Waals surface area (Å²) in [5.74, 6) is -0.223. The largest absolute Gasteiger partial charge is 0.313 e. The highest BCUT2D eigenvalue weighted by Crippen LogP contribution is 2.18. The van der Waals surface area contributed by atoms with Gasteiger partial charge in [0.1, 0.15) is 5.82 Å². The average molecular weight is 259 g/mol. The van der Waals surface area contributed by atoms with E-state index in [0.717, 1.165) is 13.1 Å². The molecule has 2 nitrogen and oxygen atoms in total. The molecule has 1 N–H and O–H groups in total. The van der Waals surface area contributed by atoms with Crippen LogP contribution in [0.3, 0.4) is 0 Å². The Bertz CT molecular complexity index is 335. The van der Waals surface area contributed by atoms with Crippen LogP contribution in [-0.4, -0.2) is 38.1 Å². The number of hydrogen-bond acceptors (Lipinski definition) is 2. The van der Waals surface area contributed by atoms with E-state index in [1.807, 2.05) is 14.1 Å². The van der Waals surface area contributed by atoms with Gasteiger partial charge in [-0.15, -0.1) is 0 Å². The van der Waals surface area contributed by atoms with E-state index in [9.17, 15) is 4.39 Å². The van der Waals surface area contributed by atoms with E-state index in [2.05, 4.69) is 17.1 Å². The van der Waals surface area contributed by atoms with Gasteiger partial charge in [-0.1, -0.05) is 17.7 Å². The Labute approximate surface area is 108 Å². The Morgan fingerprint density at radius 1 is 1.41 bits per heavy atom. The normalized spacial score (nSPS) is 13.1. The van der Waals surface area contributed by atoms with Gasteiger partial charge in [0.15, 0.2) is 0 Å². The summed E-state index contributed by atoms with van der Waals surface area (Å²) in [6.45, 7) is 3.81. The highest BCUT2D eigenvalue weighted by molar-refractivity contribution is 6.31. The molecular formula is C13H20ClFN2. The minimum atomic E-state index is -0.223. The molecule has 1 aromatic rings. The van der Waals surface area contributed by atoms with Gasteiger partial charge < -0.3 is 10.2 Å². The minimum absolute atomic E-state index is 0.223. The fourth-order valence-electron chi connectivity index (χ4n) is 1.83. The predicted molar refractivity (Wildman–Crippen MR) is 71.1 cm³/mol. The maximum Gasteiger partial charge on any atom is 0.127 e. The predicted octanol–water partition coefficient (Wildman–Crippen LogP) is 2.56. The fourth-order valence-corrected chi connectivity index (χ4v) is 2.08. The standard InChI is InChI=1S/C13H20ClFN2/c1-10(9-17(2)3)16-8-7-11-12(14)5-4-6-13(11)15/h4-6,10,16H,7-9H2,1-3H3. The zero-order valence-corrected chi connectivity index (χ0v) is 11.4. The first-order chi connectivity index (χ1) is 8.00. The highest BCUT2D eigenvalue weighted by atomic mass is 35.5. The van der Waals surface area contributed by atoms with Gasteiger partial charge in [0.25, 0.3) is 0 Å². The van der Waals surface area contributed by atoms with Gasteiger partial charge >= 0.3 is 0 Å². The Morgan fingerprint density at radius 3 is 2.71 bits per heavy atom. The van der Waals surface area contributed by atoms with E-state index in [1.54, 1.807) is 12.1 Å². The van der Waals surface area contributed by atoms with Crippen molar-refractivity contribution < 1.29 is 4.39 Å². The molecule has 0 spiro atoms. The van der Waals surface area contributed by atoms with Crippen LogP contribution >= 0.6 is 11.6 Å². The molecule has 0 heterocycles. The number of benzene rings is 1. The molecule has 96 valence electrons. The van der Waals surface area contributed by atoms with Crippen molar-refractivity contribution in [3.63, 3.8) is 0 Å². The topological polar surface area (TPSA) is 15.3 Å². The van der Waals surface area contributed by atoms with E-state index < -0.39 is 0 Å². The van der Waals surface area contributed by atoms with Crippen LogP contribution < -0.4 is 5.32 Å². The SMILES string of the molecule is CC(CN(C)C)NCCc1c(F)cccc1Cl. The van der Waals surface area contributed by atoms with Crippen molar-refractivity contribution in [3.05, 3.63) is 34.6 Å². The highest BCUT2D eigenvalue weighted by Gasteiger charge is 2.07. The van der Waals surface area contributed by atoms with Crippen LogP contribution in [0.15, 0.2) is 18.2 Å². The fraction of sp³-hybridized carbons (Fsp3) is 0.538. The molecule has 1 unspecified atom stereocenters. The van der Waals surface area contributed by atoms with Crippen LogP contribution in [0.5, 0.6) is 0 Å². The van der Waals surface area contributed by atoms with Gasteiger partial charge in [0, 0.05) is 23.2 Å². The molecule has 0 amide bonds. The molecule has 0 aliphatic rings. The lowest BCUT2D eigenvalue weighted by atomic mass is 10.1. The van der Waals surface area contributed by atoms with Crippen molar-refractivity contribution in [1.29, 1.82) is 0 Å². The van der Waals surface area contributed by atoms with Gasteiger partial charge in [-0.2, -0.15) is 0 Å². The summed E-state index contributed by atoms with van der Waals surface area (Å²) in [5.41, 5.74) is 0.596. The molecule has 0 aliphatic heterocycles. The summed E-state index contributed by atoms with van der Waals surface area (Å²) >= 11 is 5.95. The quantitative estimate of drug-likeness (QED) is 0.844. The van der Waals surface area contributed by atoms with Crippen molar-refractivity contribution in [2.24, 2.45) is 0 Å². The molecule has 0 aromatic heterocycles. The Kier molecular flexibility index (Phi) is 5.89. The zero-order valence-electron chi connectivity index (χ0n) is 10.6. The first-order valence-electron chi connectivity index (χ1n) is 5.81. The van der Waals surface area contributed by atoms with Crippen molar-refractivity contribution in [2.75, 3.05) is 27.2 Å². The second-order valence-electron chi connectivity index (χ2n) is 4.57. The van der Waals surface area contributed by atoms with Crippen molar-refractivity contribution in [3.8, 4) is 0 Å². The van der Waals surface area contributed by atoms with Crippen LogP contribution in [0.4, 0.5) is 4.39 Å². The Hall–Kier alpha value is -0.640. The summed E-state index contributed by atoms with van der Waals surface area (Å²) in [6, 6.07) is 5.19. The number of likely N-dealkylation sites (N-methyl/N-ethyl adjacent to an activating group) is 1. The second kappa shape index (κ2) is 6.94. The van der Waals surface area contributed by atoms with Gasteiger partial charge in [-0.05, 0) is 46.1 Å². The maximum atomic E-state index is 13.5. The summed E-state index contributed by atoms with van der Waals surface area (Å²) in [4.78, 5) is 2.12. The van der Waals surface area contributed by atoms with E-state index in [-0.39, 0.29) is 5.82 Å². The van der Waals surface area contributed by atoms with Crippen LogP contribution in [0.25, 0.3) is 0 Å². The van der Waals surface area contributed by atoms with E-state index in [1.165, 1.54) is 6.07 Å². The van der Waals surface area contributed by atoms with Crippen molar-refractivity contribution in [1.82, 2.24) is 10.2 Å². The van der Waals surface area contributed by atoms with E-state index in [0.29, 0.717) is 23.0 Å². The van der Waals surface area contributed by atoms with Crippen LogP contribution in [-0.2, 0) is 6.42 Å². The number of halogens is 2. The zero-order chi connectivity index (χ0) is 12.8. The number of nitrogens with zero attached hydrogens (tertiary/aromatic N) is 1. The third-order valence-corrected chi connectivity index (χ3v) is 2.92. The lowest BCUT2D eigenvalue weighted by Gasteiger charge is -2.18. The molecule has 4 heteroatoms. The molecule has 0 aliphatic carbocycles. The third-order valence-electron chi connectivity index (χ3n) is 2.57. The molecule has 0 fully saturated rings. The molecule has 0 saturated heterocycles. The van der Waals surface area contributed by atoms with Gasteiger partial charge in [0.05, 0.1) is 0 Å². The van der Waals surface area contributed by atoms with Crippen LogP contribution in [0.1, 0.15) is 12.5 Å². The van der Waals surface area contributed by atoms with E-state index >= 15 is 0 Å².